The first kappa shape index (κ1) is 24.3. The van der Waals surface area contributed by atoms with Crippen molar-refractivity contribution in [3.8, 4) is 0 Å². The zero-order chi connectivity index (χ0) is 24.0. The quantitative estimate of drug-likeness (QED) is 0.443. The third-order valence-electron chi connectivity index (χ3n) is 4.88. The van der Waals surface area contributed by atoms with Crippen molar-refractivity contribution in [2.75, 3.05) is 0 Å². The molecule has 0 unspecified atom stereocenters. The third-order valence-corrected chi connectivity index (χ3v) is 5.24. The molecular weight excluding hydrogens is 460 g/mol. The Hall–Kier alpha value is -3.39. The summed E-state index contributed by atoms with van der Waals surface area (Å²) in [5.41, 5.74) is 2.75. The van der Waals surface area contributed by atoms with Gasteiger partial charge in [-0.1, -0.05) is 78.3 Å². The van der Waals surface area contributed by atoms with Gasteiger partial charge in [0.25, 0.3) is 0 Å². The van der Waals surface area contributed by atoms with Gasteiger partial charge in [0.05, 0.1) is 6.04 Å². The second-order valence-corrected chi connectivity index (χ2v) is 7.55. The summed E-state index contributed by atoms with van der Waals surface area (Å²) in [6.07, 6.45) is -4.74. The van der Waals surface area contributed by atoms with E-state index in [0.29, 0.717) is 17.0 Å². The van der Waals surface area contributed by atoms with Crippen LogP contribution in [0.25, 0.3) is 0 Å². The zero-order valence-electron chi connectivity index (χ0n) is 17.1. The molecule has 33 heavy (non-hydrogen) atoms. The van der Waals surface area contributed by atoms with Crippen molar-refractivity contribution in [3.05, 3.63) is 106 Å². The van der Waals surface area contributed by atoms with Crippen LogP contribution in [0, 0.1) is 5.82 Å². The lowest BCUT2D eigenvalue weighted by Gasteiger charge is -2.19. The molecule has 3 aromatic carbocycles. The van der Waals surface area contributed by atoms with E-state index in [4.69, 9.17) is 26.5 Å². The molecule has 2 atom stereocenters. The number of carboxylic acids is 1. The topological polar surface area (TPSA) is 61.7 Å². The number of nitrogens with one attached hydrogen (secondary N) is 1. The van der Waals surface area contributed by atoms with Gasteiger partial charge in [0.1, 0.15) is 17.7 Å². The number of halogens is 5. The molecule has 4 nitrogen and oxygen atoms in total. The van der Waals surface area contributed by atoms with Gasteiger partial charge in [0.15, 0.2) is 0 Å². The number of rotatable bonds is 4. The minimum atomic E-state index is -5.08. The highest BCUT2D eigenvalue weighted by Gasteiger charge is 2.38. The van der Waals surface area contributed by atoms with Gasteiger partial charge in [-0.2, -0.15) is 13.2 Å². The smallest absolute Gasteiger partial charge is 0.475 e. The van der Waals surface area contributed by atoms with Gasteiger partial charge in [-0.25, -0.2) is 9.18 Å². The maximum atomic E-state index is 14.2. The largest absolute Gasteiger partial charge is 0.490 e. The average molecular weight is 479 g/mol. The molecule has 3 aromatic rings. The molecule has 1 heterocycles. The van der Waals surface area contributed by atoms with E-state index in [1.165, 1.54) is 6.07 Å². The summed E-state index contributed by atoms with van der Waals surface area (Å²) < 4.78 is 45.9. The van der Waals surface area contributed by atoms with Crippen LogP contribution in [-0.2, 0) is 11.2 Å². The summed E-state index contributed by atoms with van der Waals surface area (Å²) in [5.74, 6) is -2.31. The fourth-order valence-electron chi connectivity index (χ4n) is 3.35. The van der Waals surface area contributed by atoms with Gasteiger partial charge >= 0.3 is 12.1 Å². The van der Waals surface area contributed by atoms with Crippen LogP contribution in [0.15, 0.2) is 83.9 Å². The number of alkyl halides is 3. The average Bonchev–Trinajstić information content (AvgIpc) is 3.21. The summed E-state index contributed by atoms with van der Waals surface area (Å²) in [6.45, 7) is 0. The van der Waals surface area contributed by atoms with E-state index in [2.05, 4.69) is 29.6 Å². The van der Waals surface area contributed by atoms with Crippen LogP contribution in [-0.4, -0.2) is 23.1 Å². The molecule has 0 saturated carbocycles. The Balaban J connectivity index is 0.000000383. The van der Waals surface area contributed by atoms with E-state index >= 15 is 0 Å². The molecule has 172 valence electrons. The Morgan fingerprint density at radius 1 is 0.939 bits per heavy atom. The first-order chi connectivity index (χ1) is 15.7. The summed E-state index contributed by atoms with van der Waals surface area (Å²) in [4.78, 5) is 13.8. The minimum Gasteiger partial charge on any atom is -0.475 e. The predicted molar refractivity (Wildman–Crippen MR) is 118 cm³/mol. The molecule has 0 aromatic heterocycles. The minimum absolute atomic E-state index is 0.0131. The standard InChI is InChI=1S/C22H18ClFN2.C2HF3O2/c23-18-12-7-13-19(24)17(18)14-20-25-21(15-8-3-1-4-9-15)22(26-20)16-10-5-2-6-11-16;3-2(4,5)1(6)7/h1-13,21-22H,14H2,(H,25,26);(H,6,7)/t21-,22+;. The molecular formula is C24H19ClF4N2O2. The molecule has 1 aliphatic rings. The molecule has 0 radical (unpaired) electrons. The zero-order valence-corrected chi connectivity index (χ0v) is 17.8. The molecule has 2 N–H and O–H groups in total. The van der Waals surface area contributed by atoms with Crippen molar-refractivity contribution in [1.82, 2.24) is 5.32 Å². The van der Waals surface area contributed by atoms with Gasteiger partial charge in [-0.05, 0) is 23.3 Å². The second kappa shape index (κ2) is 10.5. The van der Waals surface area contributed by atoms with Crippen LogP contribution in [0.1, 0.15) is 28.8 Å². The normalized spacial score (nSPS) is 17.4. The number of hydrogen-bond donors (Lipinski definition) is 2. The van der Waals surface area contributed by atoms with Crippen LogP contribution in [0.2, 0.25) is 5.02 Å². The van der Waals surface area contributed by atoms with Crippen molar-refractivity contribution >= 4 is 23.4 Å². The molecule has 0 amide bonds. The van der Waals surface area contributed by atoms with E-state index in [1.807, 2.05) is 36.4 Å². The monoisotopic (exact) mass is 478 g/mol. The lowest BCUT2D eigenvalue weighted by atomic mass is 9.95. The van der Waals surface area contributed by atoms with Gasteiger partial charge in [0, 0.05) is 17.0 Å². The van der Waals surface area contributed by atoms with Crippen LogP contribution >= 0.6 is 11.6 Å². The fourth-order valence-corrected chi connectivity index (χ4v) is 3.58. The SMILES string of the molecule is Fc1cccc(Cl)c1CC1=N[C@H](c2ccccc2)[C@H](c2ccccc2)N1.O=C(O)C(F)(F)F. The van der Waals surface area contributed by atoms with E-state index < -0.39 is 12.1 Å². The summed E-state index contributed by atoms with van der Waals surface area (Å²) in [6, 6.07) is 25.1. The maximum absolute atomic E-state index is 14.2. The summed E-state index contributed by atoms with van der Waals surface area (Å²) >= 11 is 6.19. The molecule has 4 rings (SSSR count). The van der Waals surface area contributed by atoms with Crippen molar-refractivity contribution in [2.45, 2.75) is 24.7 Å². The maximum Gasteiger partial charge on any atom is 0.490 e. The molecule has 9 heteroatoms. The first-order valence-electron chi connectivity index (χ1n) is 9.83. The molecule has 1 aliphatic heterocycles. The number of carbonyl (C=O) groups is 1. The predicted octanol–water partition coefficient (Wildman–Crippen LogP) is 6.14. The Bertz CT molecular complexity index is 1100. The number of carboxylic acid groups (broad SMARTS) is 1. The molecule has 0 fully saturated rings. The van der Waals surface area contributed by atoms with Crippen LogP contribution in [0.3, 0.4) is 0 Å². The molecule has 0 bridgehead atoms. The summed E-state index contributed by atoms with van der Waals surface area (Å²) in [5, 5.41) is 11.0. The van der Waals surface area contributed by atoms with Crippen LogP contribution < -0.4 is 5.32 Å². The van der Waals surface area contributed by atoms with Crippen molar-refractivity contribution < 1.29 is 27.5 Å². The number of aliphatic carboxylic acids is 1. The van der Waals surface area contributed by atoms with Gasteiger partial charge in [-0.15, -0.1) is 0 Å². The Kier molecular flexibility index (Phi) is 7.71. The Morgan fingerprint density at radius 2 is 1.48 bits per heavy atom. The summed E-state index contributed by atoms with van der Waals surface area (Å²) in [7, 11) is 0. The highest BCUT2D eigenvalue weighted by atomic mass is 35.5. The lowest BCUT2D eigenvalue weighted by molar-refractivity contribution is -0.192. The fraction of sp³-hybridized carbons (Fsp3) is 0.167. The lowest BCUT2D eigenvalue weighted by Crippen LogP contribution is -2.26. The molecule has 0 spiro atoms. The van der Waals surface area contributed by atoms with Gasteiger partial charge in [0.2, 0.25) is 0 Å². The third kappa shape index (κ3) is 6.32. The molecule has 0 aliphatic carbocycles. The number of hydrogen-bond acceptors (Lipinski definition) is 3. The van der Waals surface area contributed by atoms with Gasteiger partial charge < -0.3 is 10.4 Å². The highest BCUT2D eigenvalue weighted by Crippen LogP contribution is 2.36. The first-order valence-corrected chi connectivity index (χ1v) is 10.2. The highest BCUT2D eigenvalue weighted by molar-refractivity contribution is 6.31. The second-order valence-electron chi connectivity index (χ2n) is 7.14. The number of amidine groups is 1. The van der Waals surface area contributed by atoms with Crippen LogP contribution in [0.4, 0.5) is 17.6 Å². The number of nitrogens with zero attached hydrogens (tertiary/aromatic N) is 1. The van der Waals surface area contributed by atoms with E-state index in [1.54, 1.807) is 12.1 Å². The molecule has 0 saturated heterocycles. The Labute approximate surface area is 192 Å². The Morgan fingerprint density at radius 3 is 2.00 bits per heavy atom. The number of aliphatic imine (C=N–C) groups is 1. The van der Waals surface area contributed by atoms with Crippen molar-refractivity contribution in [1.29, 1.82) is 0 Å². The van der Waals surface area contributed by atoms with E-state index in [0.717, 1.165) is 17.0 Å². The van der Waals surface area contributed by atoms with E-state index in [9.17, 15) is 17.6 Å². The van der Waals surface area contributed by atoms with Crippen molar-refractivity contribution in [2.24, 2.45) is 4.99 Å². The number of benzene rings is 3. The van der Waals surface area contributed by atoms with Gasteiger partial charge in [-0.3, -0.25) is 4.99 Å². The van der Waals surface area contributed by atoms with Crippen molar-refractivity contribution in [3.63, 3.8) is 0 Å². The van der Waals surface area contributed by atoms with Crippen LogP contribution in [0.5, 0.6) is 0 Å². The van der Waals surface area contributed by atoms with E-state index in [-0.39, 0.29) is 17.9 Å².